The summed E-state index contributed by atoms with van der Waals surface area (Å²) in [6.45, 7) is 0. The Morgan fingerprint density at radius 1 is 1.15 bits per heavy atom. The molecule has 1 aliphatic rings. The fourth-order valence-electron chi connectivity index (χ4n) is 2.61. The van der Waals surface area contributed by atoms with E-state index in [9.17, 15) is 8.42 Å². The molecule has 136 valence electrons. The second-order valence-corrected chi connectivity index (χ2v) is 7.80. The highest BCUT2D eigenvalue weighted by atomic mass is 32.2. The van der Waals surface area contributed by atoms with Gasteiger partial charge in [-0.3, -0.25) is 0 Å². The second kappa shape index (κ2) is 5.75. The largest absolute Gasteiger partial charge is 0.399 e. The molecule has 10 nitrogen and oxygen atoms in total. The predicted octanol–water partition coefficient (Wildman–Crippen LogP) is 0.859. The van der Waals surface area contributed by atoms with Crippen LogP contribution in [0.5, 0.6) is 0 Å². The molecule has 8 N–H and O–H groups in total. The molecule has 1 aromatic carbocycles. The van der Waals surface area contributed by atoms with Crippen molar-refractivity contribution >= 4 is 44.4 Å². The zero-order valence-corrected chi connectivity index (χ0v) is 14.5. The molecular formula is C15H18N8O2S. The zero-order valence-electron chi connectivity index (χ0n) is 13.7. The van der Waals surface area contributed by atoms with Crippen molar-refractivity contribution in [3.8, 4) is 0 Å². The van der Waals surface area contributed by atoms with E-state index in [0.717, 1.165) is 18.5 Å². The molecule has 0 aliphatic heterocycles. The number of hydrogen-bond donors (Lipinski definition) is 5. The Morgan fingerprint density at radius 3 is 2.62 bits per heavy atom. The van der Waals surface area contributed by atoms with Gasteiger partial charge in [-0.15, -0.1) is 5.10 Å². The summed E-state index contributed by atoms with van der Waals surface area (Å²) in [5, 5.41) is 16.0. The van der Waals surface area contributed by atoms with Crippen molar-refractivity contribution in [2.45, 2.75) is 23.8 Å². The Morgan fingerprint density at radius 2 is 1.92 bits per heavy atom. The number of sulfonamides is 1. The summed E-state index contributed by atoms with van der Waals surface area (Å²) in [5.41, 5.74) is 13.8. The number of hydrogen-bond acceptors (Lipinski definition) is 8. The van der Waals surface area contributed by atoms with Crippen LogP contribution in [0.15, 0.2) is 35.4 Å². The number of anilines is 5. The third kappa shape index (κ3) is 3.21. The molecule has 0 saturated heterocycles. The lowest BCUT2D eigenvalue weighted by atomic mass is 10.3. The van der Waals surface area contributed by atoms with E-state index in [4.69, 9.17) is 16.6 Å². The summed E-state index contributed by atoms with van der Waals surface area (Å²) in [6.07, 6.45) is 3.73. The van der Waals surface area contributed by atoms with Crippen LogP contribution in [0.4, 0.5) is 28.7 Å². The minimum absolute atomic E-state index is 0.0837. The molecule has 2 heterocycles. The number of nitrogens with two attached hydrogens (primary N) is 3. The zero-order chi connectivity index (χ0) is 18.5. The van der Waals surface area contributed by atoms with Crippen LogP contribution in [0.25, 0.3) is 5.65 Å². The van der Waals surface area contributed by atoms with Gasteiger partial charge in [0.1, 0.15) is 5.82 Å². The van der Waals surface area contributed by atoms with Crippen molar-refractivity contribution in [2.24, 2.45) is 5.14 Å². The van der Waals surface area contributed by atoms with E-state index in [0.29, 0.717) is 29.0 Å². The number of primary sulfonamides is 1. The highest BCUT2D eigenvalue weighted by molar-refractivity contribution is 7.89. The van der Waals surface area contributed by atoms with Crippen LogP contribution < -0.4 is 27.2 Å². The molecular weight excluding hydrogens is 356 g/mol. The number of nitrogens with zero attached hydrogens (tertiary/aromatic N) is 3. The standard InChI is InChI=1S/C15H18N8O2S/c16-8-3-10(5-11(4-8)26(18,24)25)21-14-6-12(20-9-1-2-9)15-19-7-13(17)23(15)22-14/h3-7,9,20H,1-2,16-17H2,(H,21,22)(H2,18,24,25). The Bertz CT molecular complexity index is 1100. The Hall–Kier alpha value is -3.05. The monoisotopic (exact) mass is 374 g/mol. The highest BCUT2D eigenvalue weighted by Gasteiger charge is 2.23. The van der Waals surface area contributed by atoms with Crippen molar-refractivity contribution in [2.75, 3.05) is 22.1 Å². The maximum Gasteiger partial charge on any atom is 0.238 e. The van der Waals surface area contributed by atoms with Gasteiger partial charge in [0.15, 0.2) is 11.5 Å². The quantitative estimate of drug-likeness (QED) is 0.410. The lowest BCUT2D eigenvalue weighted by Gasteiger charge is -2.12. The first-order chi connectivity index (χ1) is 12.3. The van der Waals surface area contributed by atoms with E-state index >= 15 is 0 Å². The van der Waals surface area contributed by atoms with Crippen LogP contribution in [0.3, 0.4) is 0 Å². The van der Waals surface area contributed by atoms with Crippen molar-refractivity contribution in [3.63, 3.8) is 0 Å². The molecule has 2 aromatic heterocycles. The van der Waals surface area contributed by atoms with Gasteiger partial charge < -0.3 is 22.1 Å². The lowest BCUT2D eigenvalue weighted by Crippen LogP contribution is -2.13. The van der Waals surface area contributed by atoms with E-state index in [2.05, 4.69) is 20.7 Å². The number of imidazole rings is 1. The van der Waals surface area contributed by atoms with E-state index < -0.39 is 10.0 Å². The fourth-order valence-corrected chi connectivity index (χ4v) is 3.20. The van der Waals surface area contributed by atoms with Crippen molar-refractivity contribution in [1.82, 2.24) is 14.6 Å². The first-order valence-electron chi connectivity index (χ1n) is 7.91. The number of fused-ring (bicyclic) bond motifs is 1. The fraction of sp³-hybridized carbons (Fsp3) is 0.200. The maximum atomic E-state index is 11.6. The number of rotatable bonds is 5. The van der Waals surface area contributed by atoms with Gasteiger partial charge in [0.05, 0.1) is 16.8 Å². The van der Waals surface area contributed by atoms with Gasteiger partial charge in [0.25, 0.3) is 0 Å². The summed E-state index contributed by atoms with van der Waals surface area (Å²) in [4.78, 5) is 4.19. The molecule has 1 fully saturated rings. The predicted molar refractivity (Wildman–Crippen MR) is 99.6 cm³/mol. The molecule has 0 unspecified atom stereocenters. The normalized spacial score (nSPS) is 14.5. The number of nitrogens with one attached hydrogen (secondary N) is 2. The number of nitrogen functional groups attached to an aromatic ring is 2. The van der Waals surface area contributed by atoms with Gasteiger partial charge >= 0.3 is 0 Å². The average Bonchev–Trinajstić information content (AvgIpc) is 3.28. The lowest BCUT2D eigenvalue weighted by molar-refractivity contribution is 0.598. The number of aromatic nitrogens is 3. The number of benzene rings is 1. The summed E-state index contributed by atoms with van der Waals surface area (Å²) >= 11 is 0. The molecule has 0 amide bonds. The smallest absolute Gasteiger partial charge is 0.238 e. The van der Waals surface area contributed by atoms with Crippen molar-refractivity contribution in [1.29, 1.82) is 0 Å². The van der Waals surface area contributed by atoms with E-state index in [1.165, 1.54) is 22.8 Å². The topological polar surface area (TPSA) is 166 Å². The van der Waals surface area contributed by atoms with Crippen LogP contribution in [-0.2, 0) is 10.0 Å². The van der Waals surface area contributed by atoms with E-state index in [1.807, 2.05) is 0 Å². The van der Waals surface area contributed by atoms with Crippen molar-refractivity contribution < 1.29 is 8.42 Å². The van der Waals surface area contributed by atoms with Gasteiger partial charge in [-0.1, -0.05) is 0 Å². The molecule has 0 atom stereocenters. The van der Waals surface area contributed by atoms with Crippen LogP contribution >= 0.6 is 0 Å². The minimum atomic E-state index is -3.88. The summed E-state index contributed by atoms with van der Waals surface area (Å²) in [7, 11) is -3.88. The molecule has 3 aromatic rings. The van der Waals surface area contributed by atoms with E-state index in [1.54, 1.807) is 12.1 Å². The molecule has 4 rings (SSSR count). The molecule has 0 spiro atoms. The molecule has 1 aliphatic carbocycles. The van der Waals surface area contributed by atoms with Gasteiger partial charge in [-0.2, -0.15) is 4.52 Å². The van der Waals surface area contributed by atoms with Crippen LogP contribution in [0.1, 0.15) is 12.8 Å². The molecule has 0 radical (unpaired) electrons. The summed E-state index contributed by atoms with van der Waals surface area (Å²) < 4.78 is 24.7. The Labute approximate surface area is 149 Å². The van der Waals surface area contributed by atoms with Gasteiger partial charge in [-0.25, -0.2) is 18.5 Å². The third-order valence-corrected chi connectivity index (χ3v) is 4.85. The average molecular weight is 374 g/mol. The first-order valence-corrected chi connectivity index (χ1v) is 9.45. The highest BCUT2D eigenvalue weighted by Crippen LogP contribution is 2.30. The Balaban J connectivity index is 1.75. The summed E-state index contributed by atoms with van der Waals surface area (Å²) in [5.74, 6) is 0.844. The van der Waals surface area contributed by atoms with Crippen LogP contribution in [0, 0.1) is 0 Å². The SMILES string of the molecule is Nc1cc(Nc2cc(NC3CC3)c3ncc(N)n3n2)cc(S(N)(=O)=O)c1. The molecule has 11 heteroatoms. The van der Waals surface area contributed by atoms with Gasteiger partial charge in [0, 0.05) is 23.5 Å². The first kappa shape index (κ1) is 16.4. The van der Waals surface area contributed by atoms with Crippen LogP contribution in [-0.4, -0.2) is 29.1 Å². The van der Waals surface area contributed by atoms with E-state index in [-0.39, 0.29) is 10.6 Å². The maximum absolute atomic E-state index is 11.6. The minimum Gasteiger partial charge on any atom is -0.399 e. The third-order valence-electron chi connectivity index (χ3n) is 3.96. The molecule has 1 saturated carbocycles. The molecule has 26 heavy (non-hydrogen) atoms. The second-order valence-electron chi connectivity index (χ2n) is 6.24. The van der Waals surface area contributed by atoms with Crippen LogP contribution in [0.2, 0.25) is 0 Å². The molecule has 0 bridgehead atoms. The van der Waals surface area contributed by atoms with Gasteiger partial charge in [-0.05, 0) is 31.0 Å². The van der Waals surface area contributed by atoms with Crippen molar-refractivity contribution in [3.05, 3.63) is 30.5 Å². The van der Waals surface area contributed by atoms with Gasteiger partial charge in [0.2, 0.25) is 10.0 Å². The summed E-state index contributed by atoms with van der Waals surface area (Å²) in [6, 6.07) is 6.48. The Kier molecular flexibility index (Phi) is 3.63.